The number of rotatable bonds is 10. The van der Waals surface area contributed by atoms with Gasteiger partial charge in [0, 0.05) is 86.6 Å². The average Bonchev–Trinajstić information content (AvgIpc) is 3.20. The van der Waals surface area contributed by atoms with Crippen molar-refractivity contribution in [3.63, 3.8) is 0 Å². The highest BCUT2D eigenvalue weighted by Crippen LogP contribution is 2.55. The van der Waals surface area contributed by atoms with Gasteiger partial charge in [0.25, 0.3) is 11.8 Å². The van der Waals surface area contributed by atoms with Crippen LogP contribution in [-0.2, 0) is 9.59 Å². The highest BCUT2D eigenvalue weighted by atomic mass is 16.5. The Hall–Kier alpha value is -5.48. The lowest BCUT2D eigenvalue weighted by molar-refractivity contribution is -0.164. The zero-order valence-electron chi connectivity index (χ0n) is 34.6. The minimum atomic E-state index is -0.718. The molecule has 1 aromatic heterocycles. The first-order valence-electron chi connectivity index (χ1n) is 20.6. The molecule has 58 heavy (non-hydrogen) atoms. The Balaban J connectivity index is 0.837. The lowest BCUT2D eigenvalue weighted by Gasteiger charge is -2.63. The number of piperazine rings is 1. The average molecular weight is 789 g/mol. The van der Waals surface area contributed by atoms with Gasteiger partial charge < -0.3 is 25.2 Å². The number of nitriles is 1. The van der Waals surface area contributed by atoms with Crippen molar-refractivity contribution in [1.82, 2.24) is 25.8 Å². The molecular formula is C45H56N8O5. The number of carbonyl (C=O) groups is 4. The number of amides is 4. The van der Waals surface area contributed by atoms with Gasteiger partial charge in [-0.25, -0.2) is 4.98 Å². The van der Waals surface area contributed by atoms with Crippen LogP contribution in [0.15, 0.2) is 54.7 Å². The van der Waals surface area contributed by atoms with Crippen molar-refractivity contribution in [2.45, 2.75) is 85.4 Å². The number of nitrogens with one attached hydrogen (secondary N) is 3. The summed E-state index contributed by atoms with van der Waals surface area (Å²) in [6, 6.07) is 16.9. The van der Waals surface area contributed by atoms with E-state index in [4.69, 9.17) is 4.74 Å². The molecule has 1 atom stereocenters. The molecule has 4 fully saturated rings. The summed E-state index contributed by atoms with van der Waals surface area (Å²) in [7, 11) is 0. The van der Waals surface area contributed by atoms with Crippen LogP contribution in [0.25, 0.3) is 0 Å². The Morgan fingerprint density at radius 3 is 2.05 bits per heavy atom. The molecule has 0 spiro atoms. The van der Waals surface area contributed by atoms with E-state index in [1.807, 2.05) is 44.2 Å². The minimum Gasteiger partial charge on any atom is -0.489 e. The molecule has 3 N–H and O–H groups in total. The van der Waals surface area contributed by atoms with Crippen LogP contribution in [0.2, 0.25) is 0 Å². The van der Waals surface area contributed by atoms with Crippen LogP contribution in [0, 0.1) is 41.9 Å². The molecular weight excluding hydrogens is 733 g/mol. The number of aryl methyl sites for hydroxylation is 2. The molecule has 7 rings (SSSR count). The first-order valence-corrected chi connectivity index (χ1v) is 20.6. The predicted octanol–water partition coefficient (Wildman–Crippen LogP) is 4.76. The lowest BCUT2D eigenvalue weighted by Crippen LogP contribution is -2.74. The molecule has 4 aliphatic rings. The van der Waals surface area contributed by atoms with Crippen molar-refractivity contribution < 1.29 is 23.9 Å². The summed E-state index contributed by atoms with van der Waals surface area (Å²) >= 11 is 0. The van der Waals surface area contributed by atoms with Crippen LogP contribution < -0.4 is 30.5 Å². The van der Waals surface area contributed by atoms with Gasteiger partial charge in [-0.2, -0.15) is 5.26 Å². The van der Waals surface area contributed by atoms with E-state index in [-0.39, 0.29) is 47.1 Å². The lowest BCUT2D eigenvalue weighted by atomic mass is 9.49. The second-order valence-electron chi connectivity index (χ2n) is 17.7. The third-order valence-corrected chi connectivity index (χ3v) is 12.9. The number of hydrogen-bond acceptors (Lipinski definition) is 10. The SMILES string of the molecule is Cc1cc(OC2C(C)(C)C(NC(=O)c3ccc(N4CCC(CN5CCN(c6ccc(C(=O)NC7CCC(=O)NC7=O)cn6)CC5)CC4)cc3)C2(C)C)cc(C)c1C#N. The predicted molar refractivity (Wildman–Crippen MR) is 222 cm³/mol. The van der Waals surface area contributed by atoms with E-state index in [1.54, 1.807) is 12.3 Å². The van der Waals surface area contributed by atoms with Gasteiger partial charge in [-0.05, 0) is 98.7 Å². The Kier molecular flexibility index (Phi) is 11.5. The molecule has 0 radical (unpaired) electrons. The number of nitrogens with zero attached hydrogens (tertiary/aromatic N) is 5. The molecule has 4 heterocycles. The molecule has 3 aliphatic heterocycles. The van der Waals surface area contributed by atoms with Gasteiger partial charge in [0.15, 0.2) is 0 Å². The van der Waals surface area contributed by atoms with E-state index in [0.717, 1.165) is 87.0 Å². The van der Waals surface area contributed by atoms with Crippen LogP contribution >= 0.6 is 0 Å². The molecule has 3 aromatic rings. The van der Waals surface area contributed by atoms with Crippen LogP contribution in [0.4, 0.5) is 11.5 Å². The second-order valence-corrected chi connectivity index (χ2v) is 17.7. The Morgan fingerprint density at radius 2 is 1.47 bits per heavy atom. The van der Waals surface area contributed by atoms with Gasteiger partial charge in [0.05, 0.1) is 17.2 Å². The molecule has 1 saturated carbocycles. The normalized spacial score (nSPS) is 23.3. The Labute approximate surface area is 341 Å². The summed E-state index contributed by atoms with van der Waals surface area (Å²) in [6.07, 6.45) is 4.15. The zero-order chi connectivity index (χ0) is 41.4. The minimum absolute atomic E-state index is 0.0813. The quantitative estimate of drug-likeness (QED) is 0.245. The van der Waals surface area contributed by atoms with Gasteiger partial charge >= 0.3 is 0 Å². The Bertz CT molecular complexity index is 2040. The number of hydrogen-bond donors (Lipinski definition) is 3. The molecule has 1 aliphatic carbocycles. The van der Waals surface area contributed by atoms with Gasteiger partial charge in [0.1, 0.15) is 23.7 Å². The fourth-order valence-corrected chi connectivity index (χ4v) is 9.82. The number of anilines is 2. The number of imide groups is 1. The van der Waals surface area contributed by atoms with Gasteiger partial charge in [-0.3, -0.25) is 29.4 Å². The summed E-state index contributed by atoms with van der Waals surface area (Å²) in [5.41, 5.74) is 4.04. The topological polar surface area (TPSA) is 160 Å². The molecule has 3 saturated heterocycles. The maximum absolute atomic E-state index is 13.5. The highest BCUT2D eigenvalue weighted by molar-refractivity contribution is 6.03. The van der Waals surface area contributed by atoms with Crippen molar-refractivity contribution in [2.75, 3.05) is 55.6 Å². The highest BCUT2D eigenvalue weighted by Gasteiger charge is 2.64. The number of aromatic nitrogens is 1. The summed E-state index contributed by atoms with van der Waals surface area (Å²) in [5, 5.41) is 17.8. The molecule has 13 heteroatoms. The van der Waals surface area contributed by atoms with E-state index < -0.39 is 11.9 Å². The molecule has 4 amide bonds. The van der Waals surface area contributed by atoms with Crippen molar-refractivity contribution in [3.8, 4) is 11.8 Å². The van der Waals surface area contributed by atoms with Gasteiger partial charge in [-0.15, -0.1) is 0 Å². The fourth-order valence-electron chi connectivity index (χ4n) is 9.82. The summed E-state index contributed by atoms with van der Waals surface area (Å²) in [5.74, 6) is 0.952. The zero-order valence-corrected chi connectivity index (χ0v) is 34.6. The third kappa shape index (κ3) is 8.39. The maximum Gasteiger partial charge on any atom is 0.253 e. The van der Waals surface area contributed by atoms with E-state index in [9.17, 15) is 24.4 Å². The van der Waals surface area contributed by atoms with Gasteiger partial charge in [0.2, 0.25) is 11.8 Å². The fraction of sp³-hybridized carbons (Fsp3) is 0.511. The molecule has 0 bridgehead atoms. The first-order chi connectivity index (χ1) is 27.6. The van der Waals surface area contributed by atoms with E-state index in [0.29, 0.717) is 29.0 Å². The van der Waals surface area contributed by atoms with Gasteiger partial charge in [-0.1, -0.05) is 27.7 Å². The van der Waals surface area contributed by atoms with Crippen molar-refractivity contribution in [3.05, 3.63) is 82.5 Å². The van der Waals surface area contributed by atoms with Crippen molar-refractivity contribution >= 4 is 35.1 Å². The standard InChI is InChI=1S/C45H56N8O5/c1-28-23-34(24-29(2)35(28)25-46)58-43-44(3,4)42(45(43,5)6)50-39(55)31-7-10-33(11-8-31)52-17-15-30(16-18-52)27-51-19-21-53(22-20-51)37-13-9-32(26-47-37)40(56)48-36-12-14-38(54)49-41(36)57/h7-11,13,23-24,26,30,36,42-43H,12,14-22,27H2,1-6H3,(H,48,56)(H,50,55)(H,49,54,57). The van der Waals surface area contributed by atoms with Crippen LogP contribution in [0.5, 0.6) is 5.75 Å². The van der Waals surface area contributed by atoms with E-state index in [1.165, 1.54) is 0 Å². The van der Waals surface area contributed by atoms with Crippen LogP contribution in [-0.4, -0.2) is 97.5 Å². The summed E-state index contributed by atoms with van der Waals surface area (Å²) in [6.45, 7) is 19.1. The number of benzene rings is 2. The molecule has 2 aromatic carbocycles. The van der Waals surface area contributed by atoms with Crippen molar-refractivity contribution in [2.24, 2.45) is 16.7 Å². The van der Waals surface area contributed by atoms with E-state index in [2.05, 4.69) is 81.5 Å². The summed E-state index contributed by atoms with van der Waals surface area (Å²) < 4.78 is 6.55. The molecule has 13 nitrogen and oxygen atoms in total. The first kappa shape index (κ1) is 40.7. The molecule has 1 unspecified atom stereocenters. The second kappa shape index (κ2) is 16.4. The molecule has 306 valence electrons. The largest absolute Gasteiger partial charge is 0.489 e. The van der Waals surface area contributed by atoms with Crippen LogP contribution in [0.3, 0.4) is 0 Å². The smallest absolute Gasteiger partial charge is 0.253 e. The number of ether oxygens (including phenoxy) is 1. The maximum atomic E-state index is 13.5. The summed E-state index contributed by atoms with van der Waals surface area (Å²) in [4.78, 5) is 61.4. The number of pyridine rings is 1. The van der Waals surface area contributed by atoms with Crippen molar-refractivity contribution in [1.29, 1.82) is 5.26 Å². The third-order valence-electron chi connectivity index (χ3n) is 12.9. The Morgan fingerprint density at radius 1 is 0.845 bits per heavy atom. The number of piperidine rings is 2. The van der Waals surface area contributed by atoms with Crippen LogP contribution in [0.1, 0.15) is 90.8 Å². The monoisotopic (exact) mass is 788 g/mol. The number of carbonyl (C=O) groups excluding carboxylic acids is 4. The van der Waals surface area contributed by atoms with E-state index >= 15 is 0 Å².